The van der Waals surface area contributed by atoms with Crippen LogP contribution >= 0.6 is 11.6 Å². The van der Waals surface area contributed by atoms with Crippen molar-refractivity contribution in [1.82, 2.24) is 4.98 Å². The number of nitrogens with two attached hydrogens (primary N) is 2. The van der Waals surface area contributed by atoms with E-state index < -0.39 is 17.6 Å². The molecule has 0 amide bonds. The van der Waals surface area contributed by atoms with Gasteiger partial charge in [0.15, 0.2) is 11.6 Å². The third kappa shape index (κ3) is 3.01. The average molecular weight is 287 g/mol. The Kier molecular flexibility index (Phi) is 3.68. The number of nitrogens with zero attached hydrogens (tertiary/aromatic N) is 1. The van der Waals surface area contributed by atoms with E-state index in [0.29, 0.717) is 10.7 Å². The Labute approximate surface area is 112 Å². The van der Waals surface area contributed by atoms with Crippen molar-refractivity contribution in [3.63, 3.8) is 0 Å². The first kappa shape index (κ1) is 13.3. The minimum Gasteiger partial charge on any atom is -0.454 e. The number of nitrogen functional groups attached to an aromatic ring is 2. The SMILES string of the molecule is NNc1nc(F)cc(Oc2cc(N)cc(Cl)c2)c1F. The van der Waals surface area contributed by atoms with Crippen LogP contribution < -0.4 is 21.7 Å². The number of halogens is 3. The van der Waals surface area contributed by atoms with Gasteiger partial charge in [0.05, 0.1) is 0 Å². The van der Waals surface area contributed by atoms with Crippen LogP contribution in [0.15, 0.2) is 24.3 Å². The van der Waals surface area contributed by atoms with Crippen molar-refractivity contribution in [2.24, 2.45) is 5.84 Å². The first-order valence-corrected chi connectivity index (χ1v) is 5.44. The molecule has 0 aliphatic heterocycles. The first-order chi connectivity index (χ1) is 8.99. The minimum atomic E-state index is -0.945. The van der Waals surface area contributed by atoms with Gasteiger partial charge >= 0.3 is 0 Å². The van der Waals surface area contributed by atoms with Gasteiger partial charge in [-0.25, -0.2) is 5.84 Å². The molecule has 0 radical (unpaired) electrons. The summed E-state index contributed by atoms with van der Waals surface area (Å²) in [4.78, 5) is 3.22. The number of hydrazine groups is 1. The molecule has 2 aromatic rings. The van der Waals surface area contributed by atoms with E-state index in [1.165, 1.54) is 18.2 Å². The van der Waals surface area contributed by atoms with Crippen LogP contribution in [0.25, 0.3) is 0 Å². The number of benzene rings is 1. The summed E-state index contributed by atoms with van der Waals surface area (Å²) in [7, 11) is 0. The summed E-state index contributed by atoms with van der Waals surface area (Å²) in [6.45, 7) is 0. The molecule has 0 saturated heterocycles. The van der Waals surface area contributed by atoms with E-state index in [1.807, 2.05) is 5.43 Å². The van der Waals surface area contributed by atoms with Crippen LogP contribution in [0.1, 0.15) is 0 Å². The highest BCUT2D eigenvalue weighted by molar-refractivity contribution is 6.31. The average Bonchev–Trinajstić information content (AvgIpc) is 2.32. The Bertz CT molecular complexity index is 604. The zero-order valence-corrected chi connectivity index (χ0v) is 10.2. The minimum absolute atomic E-state index is 0.164. The fraction of sp³-hybridized carbons (Fsp3) is 0. The fourth-order valence-electron chi connectivity index (χ4n) is 1.42. The number of nitrogens with one attached hydrogen (secondary N) is 1. The number of rotatable bonds is 3. The second-order valence-electron chi connectivity index (χ2n) is 3.57. The highest BCUT2D eigenvalue weighted by Crippen LogP contribution is 2.31. The van der Waals surface area contributed by atoms with Crippen LogP contribution in [-0.2, 0) is 0 Å². The van der Waals surface area contributed by atoms with Gasteiger partial charge in [-0.15, -0.1) is 0 Å². The van der Waals surface area contributed by atoms with Crippen LogP contribution in [0.3, 0.4) is 0 Å². The molecule has 19 heavy (non-hydrogen) atoms. The highest BCUT2D eigenvalue weighted by Gasteiger charge is 2.14. The third-order valence-corrected chi connectivity index (χ3v) is 2.37. The molecule has 0 atom stereocenters. The van der Waals surface area contributed by atoms with Crippen LogP contribution in [0.2, 0.25) is 5.02 Å². The topological polar surface area (TPSA) is 86.2 Å². The van der Waals surface area contributed by atoms with Crippen LogP contribution in [0.4, 0.5) is 20.3 Å². The van der Waals surface area contributed by atoms with Gasteiger partial charge in [0, 0.05) is 22.8 Å². The molecule has 2 rings (SSSR count). The quantitative estimate of drug-likeness (QED) is 0.349. The van der Waals surface area contributed by atoms with E-state index >= 15 is 0 Å². The van der Waals surface area contributed by atoms with Gasteiger partial charge < -0.3 is 15.9 Å². The lowest BCUT2D eigenvalue weighted by atomic mass is 10.3. The number of hydrogen-bond acceptors (Lipinski definition) is 5. The normalized spacial score (nSPS) is 10.3. The fourth-order valence-corrected chi connectivity index (χ4v) is 1.65. The lowest BCUT2D eigenvalue weighted by Crippen LogP contribution is -2.12. The predicted molar refractivity (Wildman–Crippen MR) is 67.9 cm³/mol. The lowest BCUT2D eigenvalue weighted by molar-refractivity contribution is 0.432. The lowest BCUT2D eigenvalue weighted by Gasteiger charge is -2.10. The second-order valence-corrected chi connectivity index (χ2v) is 4.01. The van der Waals surface area contributed by atoms with Gasteiger partial charge in [-0.3, -0.25) is 0 Å². The van der Waals surface area contributed by atoms with Crippen molar-refractivity contribution in [2.75, 3.05) is 11.2 Å². The van der Waals surface area contributed by atoms with Crippen molar-refractivity contribution < 1.29 is 13.5 Å². The van der Waals surface area contributed by atoms with Crippen LogP contribution in [0, 0.1) is 11.8 Å². The van der Waals surface area contributed by atoms with Gasteiger partial charge in [0.25, 0.3) is 0 Å². The molecule has 0 aliphatic rings. The molecule has 1 aromatic heterocycles. The summed E-state index contributed by atoms with van der Waals surface area (Å²) in [5.74, 6) is 2.45. The molecule has 5 nitrogen and oxygen atoms in total. The molecule has 0 saturated carbocycles. The Hall–Kier alpha value is -2.12. The number of ether oxygens (including phenoxy) is 1. The van der Waals surface area contributed by atoms with Gasteiger partial charge in [-0.2, -0.15) is 13.8 Å². The van der Waals surface area contributed by atoms with Gasteiger partial charge in [0.2, 0.25) is 11.8 Å². The smallest absolute Gasteiger partial charge is 0.218 e. The van der Waals surface area contributed by atoms with Gasteiger partial charge in [0.1, 0.15) is 5.75 Å². The largest absolute Gasteiger partial charge is 0.454 e. The Balaban J connectivity index is 2.40. The molecule has 5 N–H and O–H groups in total. The van der Waals surface area contributed by atoms with Crippen molar-refractivity contribution in [3.05, 3.63) is 41.1 Å². The number of anilines is 2. The number of hydrogen-bond donors (Lipinski definition) is 3. The van der Waals surface area contributed by atoms with Crippen molar-refractivity contribution in [1.29, 1.82) is 0 Å². The highest BCUT2D eigenvalue weighted by atomic mass is 35.5. The summed E-state index contributed by atoms with van der Waals surface area (Å²) in [5.41, 5.74) is 7.82. The summed E-state index contributed by atoms with van der Waals surface area (Å²) in [6, 6.07) is 5.10. The van der Waals surface area contributed by atoms with E-state index in [-0.39, 0.29) is 11.5 Å². The summed E-state index contributed by atoms with van der Waals surface area (Å²) < 4.78 is 32.1. The molecule has 0 spiro atoms. The summed E-state index contributed by atoms with van der Waals surface area (Å²) in [6.07, 6.45) is 0. The number of pyridine rings is 1. The third-order valence-electron chi connectivity index (χ3n) is 2.15. The molecule has 1 heterocycles. The van der Waals surface area contributed by atoms with E-state index in [1.54, 1.807) is 0 Å². The Morgan fingerprint density at radius 1 is 1.21 bits per heavy atom. The van der Waals surface area contributed by atoms with Gasteiger partial charge in [-0.05, 0) is 12.1 Å². The maximum Gasteiger partial charge on any atom is 0.218 e. The second kappa shape index (κ2) is 5.25. The molecule has 8 heteroatoms. The Morgan fingerprint density at radius 3 is 2.58 bits per heavy atom. The van der Waals surface area contributed by atoms with Crippen LogP contribution in [0.5, 0.6) is 11.5 Å². The van der Waals surface area contributed by atoms with E-state index in [2.05, 4.69) is 4.98 Å². The predicted octanol–water partition coefficient (Wildman–Crippen LogP) is 2.67. The molecular formula is C11H9ClF2N4O. The maximum atomic E-state index is 13.8. The maximum absolute atomic E-state index is 13.8. The van der Waals surface area contributed by atoms with E-state index in [0.717, 1.165) is 6.07 Å². The summed E-state index contributed by atoms with van der Waals surface area (Å²) >= 11 is 5.77. The number of aromatic nitrogens is 1. The zero-order chi connectivity index (χ0) is 14.0. The molecule has 1 aromatic carbocycles. The van der Waals surface area contributed by atoms with Gasteiger partial charge in [-0.1, -0.05) is 11.6 Å². The van der Waals surface area contributed by atoms with Crippen LogP contribution in [-0.4, -0.2) is 4.98 Å². The monoisotopic (exact) mass is 286 g/mol. The Morgan fingerprint density at radius 2 is 1.95 bits per heavy atom. The molecule has 0 bridgehead atoms. The molecule has 0 unspecified atom stereocenters. The first-order valence-electron chi connectivity index (χ1n) is 5.06. The molecule has 0 aliphatic carbocycles. The molecule has 100 valence electrons. The van der Waals surface area contributed by atoms with E-state index in [4.69, 9.17) is 27.9 Å². The zero-order valence-electron chi connectivity index (χ0n) is 9.45. The van der Waals surface area contributed by atoms with Crippen molar-refractivity contribution in [3.8, 4) is 11.5 Å². The van der Waals surface area contributed by atoms with Crippen molar-refractivity contribution >= 4 is 23.1 Å². The van der Waals surface area contributed by atoms with E-state index in [9.17, 15) is 8.78 Å². The standard InChI is InChI=1S/C11H9ClF2N4O/c12-5-1-6(15)3-7(2-5)19-8-4-9(13)17-11(18-16)10(8)14/h1-4H,15-16H2,(H,17,18). The van der Waals surface area contributed by atoms with Crippen molar-refractivity contribution in [2.45, 2.75) is 0 Å². The molecular weight excluding hydrogens is 278 g/mol. The summed E-state index contributed by atoms with van der Waals surface area (Å²) in [5, 5.41) is 0.308. The molecule has 0 fully saturated rings.